The lowest BCUT2D eigenvalue weighted by Crippen LogP contribution is -2.50. The molecule has 0 saturated carbocycles. The van der Waals surface area contributed by atoms with E-state index in [1.165, 1.54) is 12.1 Å². The molecule has 1 aromatic carbocycles. The van der Waals surface area contributed by atoms with Gasteiger partial charge in [0.05, 0.1) is 25.6 Å². The number of nitrogens with zero attached hydrogens (tertiary/aromatic N) is 3. The molecule has 1 aromatic rings. The molecule has 2 atom stereocenters. The molecule has 0 N–H and O–H groups in total. The lowest BCUT2D eigenvalue weighted by Gasteiger charge is -2.32. The van der Waals surface area contributed by atoms with Crippen LogP contribution in [0.15, 0.2) is 24.3 Å². The van der Waals surface area contributed by atoms with E-state index in [2.05, 4.69) is 0 Å². The van der Waals surface area contributed by atoms with Gasteiger partial charge in [0.2, 0.25) is 11.8 Å². The SMILES string of the molecule is CN(CC(=O)N1CC[C@@]23OCCN2C(=O)C[C@@H]13)Cc1ccc(F)cc1. The summed E-state index contributed by atoms with van der Waals surface area (Å²) in [4.78, 5) is 30.5. The van der Waals surface area contributed by atoms with Crippen LogP contribution in [-0.2, 0) is 20.9 Å². The summed E-state index contributed by atoms with van der Waals surface area (Å²) in [5.41, 5.74) is 0.373. The minimum Gasteiger partial charge on any atom is -0.351 e. The molecule has 3 saturated heterocycles. The molecule has 6 nitrogen and oxygen atoms in total. The van der Waals surface area contributed by atoms with Gasteiger partial charge in [0, 0.05) is 26.1 Å². The van der Waals surface area contributed by atoms with Gasteiger partial charge in [-0.1, -0.05) is 12.1 Å². The highest BCUT2D eigenvalue weighted by Crippen LogP contribution is 2.45. The Hall–Kier alpha value is -1.99. The van der Waals surface area contributed by atoms with Crippen molar-refractivity contribution in [2.45, 2.75) is 31.2 Å². The second kappa shape index (κ2) is 6.07. The maximum absolute atomic E-state index is 13.0. The highest BCUT2D eigenvalue weighted by Gasteiger charge is 2.62. The molecular weight excluding hydrogens is 325 g/mol. The summed E-state index contributed by atoms with van der Waals surface area (Å²) < 4.78 is 18.9. The molecule has 7 heteroatoms. The number of ether oxygens (including phenoxy) is 1. The molecule has 0 radical (unpaired) electrons. The molecule has 0 aromatic heterocycles. The number of carbonyl (C=O) groups is 2. The Morgan fingerprint density at radius 1 is 1.36 bits per heavy atom. The number of amides is 2. The first kappa shape index (κ1) is 16.5. The molecule has 0 bridgehead atoms. The molecule has 4 rings (SSSR count). The number of carbonyl (C=O) groups excluding carboxylic acids is 2. The lowest BCUT2D eigenvalue weighted by molar-refractivity contribution is -0.140. The normalized spacial score (nSPS) is 28.0. The molecule has 3 fully saturated rings. The van der Waals surface area contributed by atoms with Crippen LogP contribution < -0.4 is 0 Å². The number of hydrogen-bond donors (Lipinski definition) is 0. The first-order chi connectivity index (χ1) is 12.0. The second-order valence-electron chi connectivity index (χ2n) is 7.09. The van der Waals surface area contributed by atoms with E-state index in [0.29, 0.717) is 39.1 Å². The molecule has 0 aliphatic carbocycles. The Kier molecular flexibility index (Phi) is 4.00. The van der Waals surface area contributed by atoms with Gasteiger partial charge in [0.1, 0.15) is 5.82 Å². The van der Waals surface area contributed by atoms with Crippen molar-refractivity contribution in [2.75, 3.05) is 33.3 Å². The van der Waals surface area contributed by atoms with Crippen molar-refractivity contribution >= 4 is 11.8 Å². The number of likely N-dealkylation sites (N-methyl/N-ethyl adjacent to an activating group) is 1. The number of hydrogen-bond acceptors (Lipinski definition) is 4. The van der Waals surface area contributed by atoms with Crippen LogP contribution in [0.5, 0.6) is 0 Å². The van der Waals surface area contributed by atoms with Crippen molar-refractivity contribution in [1.29, 1.82) is 0 Å². The van der Waals surface area contributed by atoms with E-state index in [4.69, 9.17) is 4.74 Å². The minimum absolute atomic E-state index is 0.0108. The average molecular weight is 347 g/mol. The third kappa shape index (κ3) is 2.71. The quantitative estimate of drug-likeness (QED) is 0.809. The fourth-order valence-corrected chi connectivity index (χ4v) is 4.37. The Bertz CT molecular complexity index is 695. The fraction of sp³-hybridized carbons (Fsp3) is 0.556. The highest BCUT2D eigenvalue weighted by molar-refractivity contribution is 5.85. The third-order valence-corrected chi connectivity index (χ3v) is 5.49. The zero-order chi connectivity index (χ0) is 17.6. The minimum atomic E-state index is -0.581. The van der Waals surface area contributed by atoms with E-state index in [-0.39, 0.29) is 30.2 Å². The highest BCUT2D eigenvalue weighted by atomic mass is 19.1. The Morgan fingerprint density at radius 3 is 2.88 bits per heavy atom. The summed E-state index contributed by atoms with van der Waals surface area (Å²) >= 11 is 0. The largest absolute Gasteiger partial charge is 0.351 e. The van der Waals surface area contributed by atoms with Crippen LogP contribution in [0.2, 0.25) is 0 Å². The summed E-state index contributed by atoms with van der Waals surface area (Å²) in [6.45, 7) is 2.63. The van der Waals surface area contributed by atoms with Crippen molar-refractivity contribution in [3.8, 4) is 0 Å². The van der Waals surface area contributed by atoms with Gasteiger partial charge < -0.3 is 14.5 Å². The van der Waals surface area contributed by atoms with Crippen molar-refractivity contribution in [3.63, 3.8) is 0 Å². The lowest BCUT2D eigenvalue weighted by atomic mass is 10.1. The number of benzene rings is 1. The molecule has 3 heterocycles. The summed E-state index contributed by atoms with van der Waals surface area (Å²) in [6, 6.07) is 6.12. The van der Waals surface area contributed by atoms with E-state index in [9.17, 15) is 14.0 Å². The van der Waals surface area contributed by atoms with E-state index in [1.54, 1.807) is 12.1 Å². The zero-order valence-corrected chi connectivity index (χ0v) is 14.3. The van der Waals surface area contributed by atoms with Gasteiger partial charge in [0.25, 0.3) is 0 Å². The molecule has 3 aliphatic rings. The molecular formula is C18H22FN3O3. The standard InChI is InChI=1S/C18H22FN3O3/c1-20(11-13-2-4-14(19)5-3-13)12-17(24)21-7-6-18-15(21)10-16(23)22(18)8-9-25-18/h2-5,15H,6-12H2,1H3/t15-,18+/m1/s1. The van der Waals surface area contributed by atoms with Gasteiger partial charge in [-0.05, 0) is 24.7 Å². The van der Waals surface area contributed by atoms with E-state index < -0.39 is 5.72 Å². The van der Waals surface area contributed by atoms with E-state index in [0.717, 1.165) is 5.56 Å². The summed E-state index contributed by atoms with van der Waals surface area (Å²) in [5, 5.41) is 0. The first-order valence-corrected chi connectivity index (χ1v) is 8.66. The predicted molar refractivity (Wildman–Crippen MR) is 87.9 cm³/mol. The van der Waals surface area contributed by atoms with E-state index >= 15 is 0 Å². The summed E-state index contributed by atoms with van der Waals surface area (Å²) in [6.07, 6.45) is 1.05. The summed E-state index contributed by atoms with van der Waals surface area (Å²) in [5.74, 6) is -0.173. The topological polar surface area (TPSA) is 53.1 Å². The Morgan fingerprint density at radius 2 is 2.12 bits per heavy atom. The zero-order valence-electron chi connectivity index (χ0n) is 14.3. The Balaban J connectivity index is 1.40. The van der Waals surface area contributed by atoms with Crippen LogP contribution in [-0.4, -0.2) is 71.6 Å². The van der Waals surface area contributed by atoms with Crippen molar-refractivity contribution in [2.24, 2.45) is 0 Å². The number of halogens is 1. The summed E-state index contributed by atoms with van der Waals surface area (Å²) in [7, 11) is 1.87. The average Bonchev–Trinajstić information content (AvgIpc) is 3.21. The van der Waals surface area contributed by atoms with Gasteiger partial charge in [0.15, 0.2) is 5.72 Å². The number of likely N-dealkylation sites (tertiary alicyclic amines) is 1. The maximum Gasteiger partial charge on any atom is 0.237 e. The van der Waals surface area contributed by atoms with Crippen LogP contribution in [0.4, 0.5) is 4.39 Å². The van der Waals surface area contributed by atoms with Gasteiger partial charge in [-0.2, -0.15) is 0 Å². The first-order valence-electron chi connectivity index (χ1n) is 8.66. The van der Waals surface area contributed by atoms with E-state index in [1.807, 2.05) is 21.7 Å². The van der Waals surface area contributed by atoms with Crippen molar-refractivity contribution in [3.05, 3.63) is 35.6 Å². The van der Waals surface area contributed by atoms with Gasteiger partial charge in [-0.15, -0.1) is 0 Å². The van der Waals surface area contributed by atoms with Gasteiger partial charge >= 0.3 is 0 Å². The van der Waals surface area contributed by atoms with Crippen LogP contribution in [0.25, 0.3) is 0 Å². The molecule has 25 heavy (non-hydrogen) atoms. The van der Waals surface area contributed by atoms with Gasteiger partial charge in [-0.25, -0.2) is 4.39 Å². The predicted octanol–water partition coefficient (Wildman–Crippen LogP) is 0.817. The Labute approximate surface area is 146 Å². The van der Waals surface area contributed by atoms with Crippen molar-refractivity contribution in [1.82, 2.24) is 14.7 Å². The fourth-order valence-electron chi connectivity index (χ4n) is 4.37. The smallest absolute Gasteiger partial charge is 0.237 e. The van der Waals surface area contributed by atoms with Crippen LogP contribution >= 0.6 is 0 Å². The molecule has 3 aliphatic heterocycles. The molecule has 1 spiro atoms. The third-order valence-electron chi connectivity index (χ3n) is 5.49. The van der Waals surface area contributed by atoms with Crippen molar-refractivity contribution < 1.29 is 18.7 Å². The molecule has 2 amide bonds. The maximum atomic E-state index is 13.0. The van der Waals surface area contributed by atoms with Crippen LogP contribution in [0.3, 0.4) is 0 Å². The second-order valence-corrected chi connectivity index (χ2v) is 7.09. The van der Waals surface area contributed by atoms with Gasteiger partial charge in [-0.3, -0.25) is 14.5 Å². The van der Waals surface area contributed by atoms with Crippen LogP contribution in [0.1, 0.15) is 18.4 Å². The molecule has 0 unspecified atom stereocenters. The van der Waals surface area contributed by atoms with Crippen LogP contribution in [0, 0.1) is 5.82 Å². The number of rotatable bonds is 4. The molecule has 134 valence electrons. The monoisotopic (exact) mass is 347 g/mol.